The molecule has 2 aromatic rings. The molecule has 0 saturated heterocycles. The molecule has 0 saturated carbocycles. The van der Waals surface area contributed by atoms with Crippen LogP contribution in [0.15, 0.2) is 29.2 Å². The molecule has 0 bridgehead atoms. The zero-order chi connectivity index (χ0) is 14.2. The summed E-state index contributed by atoms with van der Waals surface area (Å²) in [5.41, 5.74) is 2.31. The molecule has 1 aromatic heterocycles. The van der Waals surface area contributed by atoms with Gasteiger partial charge in [-0.25, -0.2) is 0 Å². The first-order valence-corrected chi connectivity index (χ1v) is 7.51. The molecule has 0 atom stereocenters. The average molecular weight is 276 g/mol. The Morgan fingerprint density at radius 3 is 2.37 bits per heavy atom. The predicted octanol–water partition coefficient (Wildman–Crippen LogP) is 4.04. The van der Waals surface area contributed by atoms with Crippen LogP contribution in [0.2, 0.25) is 0 Å². The van der Waals surface area contributed by atoms with Crippen LogP contribution in [0.4, 0.5) is 0 Å². The maximum absolute atomic E-state index is 10.4. The Bertz CT molecular complexity index is 597. The lowest BCUT2D eigenvalue weighted by molar-refractivity contribution is 0.345. The topological polar surface area (TPSA) is 38.0 Å². The average Bonchev–Trinajstić information content (AvgIpc) is 2.66. The fraction of sp³-hybridized carbons (Fsp3) is 0.400. The highest BCUT2D eigenvalue weighted by atomic mass is 32.2. The van der Waals surface area contributed by atoms with E-state index in [4.69, 9.17) is 0 Å². The molecule has 4 heteroatoms. The fourth-order valence-electron chi connectivity index (χ4n) is 2.17. The molecule has 102 valence electrons. The molecule has 2 rings (SSSR count). The zero-order valence-corrected chi connectivity index (χ0v) is 12.9. The van der Waals surface area contributed by atoms with Gasteiger partial charge in [0.2, 0.25) is 0 Å². The van der Waals surface area contributed by atoms with Crippen LogP contribution in [-0.2, 0) is 5.54 Å². The SMILES string of the molecule is CSc1ccccc1-c1nn(C(C)(C)C)c(C)c1O. The van der Waals surface area contributed by atoms with E-state index in [1.165, 1.54) is 0 Å². The Kier molecular flexibility index (Phi) is 3.63. The number of thioether (sulfide) groups is 1. The molecule has 0 fully saturated rings. The molecule has 0 unspecified atom stereocenters. The Balaban J connectivity index is 2.64. The van der Waals surface area contributed by atoms with Crippen LogP contribution in [0, 0.1) is 6.92 Å². The summed E-state index contributed by atoms with van der Waals surface area (Å²) in [5, 5.41) is 15.0. The van der Waals surface area contributed by atoms with Crippen LogP contribution >= 0.6 is 11.8 Å². The number of hydrogen-bond acceptors (Lipinski definition) is 3. The lowest BCUT2D eigenvalue weighted by Gasteiger charge is -2.20. The third-order valence-electron chi connectivity index (χ3n) is 3.08. The van der Waals surface area contributed by atoms with Gasteiger partial charge in [0, 0.05) is 10.5 Å². The maximum atomic E-state index is 10.4. The molecule has 0 aliphatic rings. The van der Waals surface area contributed by atoms with E-state index in [0.717, 1.165) is 16.2 Å². The van der Waals surface area contributed by atoms with Crippen molar-refractivity contribution in [2.24, 2.45) is 0 Å². The molecule has 0 radical (unpaired) electrons. The largest absolute Gasteiger partial charge is 0.504 e. The first-order valence-electron chi connectivity index (χ1n) is 6.28. The van der Waals surface area contributed by atoms with Crippen molar-refractivity contribution in [3.05, 3.63) is 30.0 Å². The van der Waals surface area contributed by atoms with Crippen molar-refractivity contribution in [2.45, 2.75) is 38.1 Å². The van der Waals surface area contributed by atoms with E-state index in [9.17, 15) is 5.11 Å². The van der Waals surface area contributed by atoms with E-state index in [1.807, 2.05) is 42.1 Å². The molecule has 0 aliphatic heterocycles. The van der Waals surface area contributed by atoms with Gasteiger partial charge in [-0.05, 0) is 40.0 Å². The number of hydrogen-bond donors (Lipinski definition) is 1. The number of rotatable bonds is 2. The van der Waals surface area contributed by atoms with Crippen molar-refractivity contribution >= 4 is 11.8 Å². The highest BCUT2D eigenvalue weighted by Gasteiger charge is 2.23. The van der Waals surface area contributed by atoms with Gasteiger partial charge in [-0.1, -0.05) is 18.2 Å². The summed E-state index contributed by atoms with van der Waals surface area (Å²) in [7, 11) is 0. The summed E-state index contributed by atoms with van der Waals surface area (Å²) in [6, 6.07) is 8.02. The van der Waals surface area contributed by atoms with Gasteiger partial charge in [-0.3, -0.25) is 4.68 Å². The standard InChI is InChI=1S/C15H20N2OS/c1-10-14(18)13(16-17(10)15(2,3)4)11-8-6-7-9-12(11)19-5/h6-9,18H,1-5H3. The summed E-state index contributed by atoms with van der Waals surface area (Å²) >= 11 is 1.66. The van der Waals surface area contributed by atoms with Gasteiger partial charge < -0.3 is 5.11 Å². The predicted molar refractivity (Wildman–Crippen MR) is 80.8 cm³/mol. The lowest BCUT2D eigenvalue weighted by atomic mass is 10.1. The van der Waals surface area contributed by atoms with Gasteiger partial charge in [0.25, 0.3) is 0 Å². The molecule has 0 amide bonds. The van der Waals surface area contributed by atoms with Gasteiger partial charge >= 0.3 is 0 Å². The fourth-order valence-corrected chi connectivity index (χ4v) is 2.77. The van der Waals surface area contributed by atoms with Crippen molar-refractivity contribution in [1.29, 1.82) is 0 Å². The Hall–Kier alpha value is -1.42. The molecule has 0 aliphatic carbocycles. The first kappa shape index (κ1) is 14.0. The van der Waals surface area contributed by atoms with E-state index < -0.39 is 0 Å². The van der Waals surface area contributed by atoms with Crippen LogP contribution in [0.5, 0.6) is 5.75 Å². The molecule has 1 aromatic carbocycles. The lowest BCUT2D eigenvalue weighted by Crippen LogP contribution is -2.24. The number of benzene rings is 1. The summed E-state index contributed by atoms with van der Waals surface area (Å²) in [6.07, 6.45) is 2.03. The zero-order valence-electron chi connectivity index (χ0n) is 12.1. The van der Waals surface area contributed by atoms with Gasteiger partial charge in [0.1, 0.15) is 5.69 Å². The van der Waals surface area contributed by atoms with Gasteiger partial charge in [-0.2, -0.15) is 5.10 Å². The smallest absolute Gasteiger partial charge is 0.164 e. The van der Waals surface area contributed by atoms with Crippen molar-refractivity contribution < 1.29 is 5.11 Å². The minimum absolute atomic E-state index is 0.145. The van der Waals surface area contributed by atoms with Crippen LogP contribution in [0.25, 0.3) is 11.3 Å². The third kappa shape index (κ3) is 2.50. The van der Waals surface area contributed by atoms with E-state index >= 15 is 0 Å². The molecule has 19 heavy (non-hydrogen) atoms. The second-order valence-electron chi connectivity index (χ2n) is 5.57. The number of nitrogens with zero attached hydrogens (tertiary/aromatic N) is 2. The highest BCUT2D eigenvalue weighted by molar-refractivity contribution is 7.98. The molecule has 0 spiro atoms. The monoisotopic (exact) mass is 276 g/mol. The summed E-state index contributed by atoms with van der Waals surface area (Å²) < 4.78 is 1.88. The van der Waals surface area contributed by atoms with E-state index in [0.29, 0.717) is 5.69 Å². The Morgan fingerprint density at radius 2 is 1.84 bits per heavy atom. The van der Waals surface area contributed by atoms with Gasteiger partial charge in [-0.15, -0.1) is 11.8 Å². The van der Waals surface area contributed by atoms with Gasteiger partial charge in [0.15, 0.2) is 5.75 Å². The van der Waals surface area contributed by atoms with Crippen molar-refractivity contribution in [1.82, 2.24) is 9.78 Å². The van der Waals surface area contributed by atoms with E-state index in [-0.39, 0.29) is 11.3 Å². The Morgan fingerprint density at radius 1 is 1.21 bits per heavy atom. The third-order valence-corrected chi connectivity index (χ3v) is 3.88. The van der Waals surface area contributed by atoms with Crippen LogP contribution in [0.1, 0.15) is 26.5 Å². The molecular weight excluding hydrogens is 256 g/mol. The minimum Gasteiger partial charge on any atom is -0.504 e. The second kappa shape index (κ2) is 4.93. The maximum Gasteiger partial charge on any atom is 0.164 e. The van der Waals surface area contributed by atoms with E-state index in [1.54, 1.807) is 11.8 Å². The first-order chi connectivity index (χ1) is 8.86. The minimum atomic E-state index is -0.145. The van der Waals surface area contributed by atoms with Crippen molar-refractivity contribution in [3.63, 3.8) is 0 Å². The quantitative estimate of drug-likeness (QED) is 0.841. The summed E-state index contributed by atoms with van der Waals surface area (Å²) in [4.78, 5) is 1.12. The summed E-state index contributed by atoms with van der Waals surface area (Å²) in [5.74, 6) is 0.274. The number of aromatic hydroxyl groups is 1. The molecule has 3 nitrogen and oxygen atoms in total. The van der Waals surface area contributed by atoms with Crippen LogP contribution < -0.4 is 0 Å². The van der Waals surface area contributed by atoms with Crippen molar-refractivity contribution in [2.75, 3.05) is 6.26 Å². The molecule has 1 heterocycles. The van der Waals surface area contributed by atoms with Crippen molar-refractivity contribution in [3.8, 4) is 17.0 Å². The summed E-state index contributed by atoms with van der Waals surface area (Å²) in [6.45, 7) is 8.14. The molecular formula is C15H20N2OS. The molecule has 1 N–H and O–H groups in total. The van der Waals surface area contributed by atoms with Gasteiger partial charge in [0.05, 0.1) is 11.2 Å². The second-order valence-corrected chi connectivity index (χ2v) is 6.41. The highest BCUT2D eigenvalue weighted by Crippen LogP contribution is 2.37. The normalized spacial score (nSPS) is 11.8. The Labute approximate surface area is 118 Å². The number of aromatic nitrogens is 2. The van der Waals surface area contributed by atoms with Crippen LogP contribution in [0.3, 0.4) is 0 Å². The van der Waals surface area contributed by atoms with E-state index in [2.05, 4.69) is 25.9 Å². The van der Waals surface area contributed by atoms with Crippen LogP contribution in [-0.4, -0.2) is 21.1 Å².